The summed E-state index contributed by atoms with van der Waals surface area (Å²) in [5.74, 6) is 1.40. The van der Waals surface area contributed by atoms with E-state index in [0.717, 1.165) is 0 Å². The van der Waals surface area contributed by atoms with Gasteiger partial charge in [0.2, 0.25) is 0 Å². The third-order valence-electron chi connectivity index (χ3n) is 4.49. The number of esters is 1. The van der Waals surface area contributed by atoms with E-state index in [1.54, 1.807) is 12.1 Å². The Balaban J connectivity index is 1.63. The van der Waals surface area contributed by atoms with Crippen molar-refractivity contribution in [2.75, 3.05) is 19.0 Å². The Labute approximate surface area is 142 Å². The lowest BCUT2D eigenvalue weighted by Gasteiger charge is -2.21. The number of anilines is 1. The second kappa shape index (κ2) is 7.43. The molecule has 1 saturated carbocycles. The third kappa shape index (κ3) is 3.91. The number of rotatable bonds is 4. The van der Waals surface area contributed by atoms with Crippen LogP contribution >= 0.6 is 0 Å². The van der Waals surface area contributed by atoms with Gasteiger partial charge in [0, 0.05) is 14.1 Å². The summed E-state index contributed by atoms with van der Waals surface area (Å²) in [6.45, 7) is 0. The molecule has 5 heteroatoms. The fraction of sp³-hybridized carbons (Fsp3) is 0.421. The summed E-state index contributed by atoms with van der Waals surface area (Å²) in [4.78, 5) is 14.0. The molecule has 24 heavy (non-hydrogen) atoms. The summed E-state index contributed by atoms with van der Waals surface area (Å²) >= 11 is 0. The Bertz CT molecular complexity index is 675. The van der Waals surface area contributed by atoms with E-state index in [9.17, 15) is 4.79 Å². The minimum Gasteiger partial charge on any atom is -0.422 e. The first-order valence-corrected chi connectivity index (χ1v) is 8.46. The first-order valence-electron chi connectivity index (χ1n) is 8.46. The molecule has 0 bridgehead atoms. The highest BCUT2D eigenvalue weighted by molar-refractivity contribution is 5.88. The molecule has 126 valence electrons. The van der Waals surface area contributed by atoms with E-state index in [0.29, 0.717) is 17.5 Å². The number of nitrogens with zero attached hydrogens (tertiary/aromatic N) is 3. The Morgan fingerprint density at radius 1 is 1.00 bits per heavy atom. The first kappa shape index (κ1) is 16.4. The second-order valence-electron chi connectivity index (χ2n) is 6.46. The molecular weight excluding hydrogens is 302 g/mol. The van der Waals surface area contributed by atoms with E-state index in [-0.39, 0.29) is 5.69 Å². The zero-order valence-electron chi connectivity index (χ0n) is 14.2. The first-order chi connectivity index (χ1) is 11.6. The number of aromatic nitrogens is 2. The molecule has 1 aromatic heterocycles. The van der Waals surface area contributed by atoms with E-state index >= 15 is 0 Å². The Kier molecular flexibility index (Phi) is 5.08. The molecule has 0 unspecified atom stereocenters. The van der Waals surface area contributed by atoms with Crippen molar-refractivity contribution >= 4 is 11.8 Å². The molecule has 5 nitrogen and oxygen atoms in total. The molecule has 2 aromatic rings. The van der Waals surface area contributed by atoms with Crippen molar-refractivity contribution in [3.8, 4) is 5.75 Å². The van der Waals surface area contributed by atoms with Crippen LogP contribution in [0.1, 0.15) is 54.1 Å². The molecule has 1 aromatic carbocycles. The van der Waals surface area contributed by atoms with Crippen LogP contribution in [0.3, 0.4) is 0 Å². The molecule has 0 aliphatic heterocycles. The van der Waals surface area contributed by atoms with Crippen molar-refractivity contribution in [2.45, 2.75) is 38.0 Å². The van der Waals surface area contributed by atoms with Crippen LogP contribution < -0.4 is 9.64 Å². The molecule has 1 fully saturated rings. The highest BCUT2D eigenvalue weighted by Gasteiger charge is 2.16. The van der Waals surface area contributed by atoms with E-state index in [4.69, 9.17) is 4.74 Å². The van der Waals surface area contributed by atoms with Crippen LogP contribution in [0.5, 0.6) is 5.75 Å². The van der Waals surface area contributed by atoms with Crippen LogP contribution in [0.25, 0.3) is 0 Å². The van der Waals surface area contributed by atoms with Crippen LogP contribution in [0.15, 0.2) is 36.4 Å². The molecule has 1 aliphatic rings. The minimum atomic E-state index is -0.488. The monoisotopic (exact) mass is 325 g/mol. The van der Waals surface area contributed by atoms with Crippen LogP contribution in [-0.4, -0.2) is 30.3 Å². The summed E-state index contributed by atoms with van der Waals surface area (Å²) in [5.41, 5.74) is 1.54. The standard InChI is InChI=1S/C19H23N3O2/c1-22(2)18-13-12-17(20-21-18)19(23)24-16-10-8-15(9-11-16)14-6-4-3-5-7-14/h8-14H,3-7H2,1-2H3. The van der Waals surface area contributed by atoms with Gasteiger partial charge in [-0.1, -0.05) is 31.4 Å². The molecule has 0 amide bonds. The van der Waals surface area contributed by atoms with Crippen molar-refractivity contribution in [1.29, 1.82) is 0 Å². The zero-order valence-corrected chi connectivity index (χ0v) is 14.2. The fourth-order valence-corrected chi connectivity index (χ4v) is 3.08. The van der Waals surface area contributed by atoms with Crippen molar-refractivity contribution in [1.82, 2.24) is 10.2 Å². The van der Waals surface area contributed by atoms with Gasteiger partial charge < -0.3 is 9.64 Å². The summed E-state index contributed by atoms with van der Waals surface area (Å²) in [6, 6.07) is 11.2. The highest BCUT2D eigenvalue weighted by Crippen LogP contribution is 2.33. The molecule has 0 spiro atoms. The van der Waals surface area contributed by atoms with Gasteiger partial charge in [-0.15, -0.1) is 10.2 Å². The lowest BCUT2D eigenvalue weighted by atomic mass is 9.84. The van der Waals surface area contributed by atoms with Crippen molar-refractivity contribution < 1.29 is 9.53 Å². The summed E-state index contributed by atoms with van der Waals surface area (Å²) < 4.78 is 5.39. The summed E-state index contributed by atoms with van der Waals surface area (Å²) in [5, 5.41) is 7.91. The van der Waals surface area contributed by atoms with Gasteiger partial charge in [0.1, 0.15) is 5.75 Å². The van der Waals surface area contributed by atoms with E-state index in [1.807, 2.05) is 31.1 Å². The number of hydrogen-bond acceptors (Lipinski definition) is 5. The molecule has 0 saturated heterocycles. The Morgan fingerprint density at radius 3 is 2.29 bits per heavy atom. The predicted octanol–water partition coefficient (Wildman–Crippen LogP) is 3.81. The van der Waals surface area contributed by atoms with Gasteiger partial charge in [-0.2, -0.15) is 0 Å². The van der Waals surface area contributed by atoms with Gasteiger partial charge in [0.15, 0.2) is 11.5 Å². The molecule has 3 rings (SSSR count). The normalized spacial score (nSPS) is 15.1. The highest BCUT2D eigenvalue weighted by atomic mass is 16.5. The van der Waals surface area contributed by atoms with Gasteiger partial charge >= 0.3 is 5.97 Å². The molecule has 0 radical (unpaired) electrons. The van der Waals surface area contributed by atoms with Crippen molar-refractivity contribution in [3.63, 3.8) is 0 Å². The van der Waals surface area contributed by atoms with Gasteiger partial charge in [-0.3, -0.25) is 0 Å². The molecule has 0 N–H and O–H groups in total. The maximum absolute atomic E-state index is 12.1. The SMILES string of the molecule is CN(C)c1ccc(C(=O)Oc2ccc(C3CCCCC3)cc2)nn1. The lowest BCUT2D eigenvalue weighted by Crippen LogP contribution is -2.15. The van der Waals surface area contributed by atoms with Crippen molar-refractivity contribution in [2.24, 2.45) is 0 Å². The topological polar surface area (TPSA) is 55.3 Å². The lowest BCUT2D eigenvalue weighted by molar-refractivity contribution is 0.0727. The summed E-state index contributed by atoms with van der Waals surface area (Å²) in [6.07, 6.45) is 6.48. The molecular formula is C19H23N3O2. The van der Waals surface area contributed by atoms with Crippen LogP contribution in [0.4, 0.5) is 5.82 Å². The number of hydrogen-bond donors (Lipinski definition) is 0. The quantitative estimate of drug-likeness (QED) is 0.632. The number of ether oxygens (including phenoxy) is 1. The van der Waals surface area contributed by atoms with Gasteiger partial charge in [-0.05, 0) is 48.6 Å². The Morgan fingerprint density at radius 2 is 1.71 bits per heavy atom. The number of benzene rings is 1. The molecule has 0 atom stereocenters. The van der Waals surface area contributed by atoms with Gasteiger partial charge in [0.25, 0.3) is 0 Å². The molecule has 1 heterocycles. The van der Waals surface area contributed by atoms with E-state index in [2.05, 4.69) is 22.3 Å². The predicted molar refractivity (Wildman–Crippen MR) is 93.6 cm³/mol. The average molecular weight is 325 g/mol. The third-order valence-corrected chi connectivity index (χ3v) is 4.49. The minimum absolute atomic E-state index is 0.206. The van der Waals surface area contributed by atoms with Crippen molar-refractivity contribution in [3.05, 3.63) is 47.7 Å². The van der Waals surface area contributed by atoms with E-state index < -0.39 is 5.97 Å². The second-order valence-corrected chi connectivity index (χ2v) is 6.46. The zero-order chi connectivity index (χ0) is 16.9. The smallest absolute Gasteiger partial charge is 0.364 e. The maximum atomic E-state index is 12.1. The average Bonchev–Trinajstić information content (AvgIpc) is 2.63. The Hall–Kier alpha value is -2.43. The van der Waals surface area contributed by atoms with Crippen LogP contribution in [0, 0.1) is 0 Å². The maximum Gasteiger partial charge on any atom is 0.364 e. The largest absolute Gasteiger partial charge is 0.422 e. The number of carbonyl (C=O) groups excluding carboxylic acids is 1. The van der Waals surface area contributed by atoms with Crippen LogP contribution in [-0.2, 0) is 0 Å². The number of carbonyl (C=O) groups is 1. The fourth-order valence-electron chi connectivity index (χ4n) is 3.08. The van der Waals surface area contributed by atoms with Gasteiger partial charge in [-0.25, -0.2) is 4.79 Å². The van der Waals surface area contributed by atoms with Gasteiger partial charge in [0.05, 0.1) is 0 Å². The molecule has 1 aliphatic carbocycles. The van der Waals surface area contributed by atoms with Crippen LogP contribution in [0.2, 0.25) is 0 Å². The van der Waals surface area contributed by atoms with E-state index in [1.165, 1.54) is 37.7 Å². The summed E-state index contributed by atoms with van der Waals surface area (Å²) in [7, 11) is 3.74.